The lowest BCUT2D eigenvalue weighted by Gasteiger charge is -2.04. The van der Waals surface area contributed by atoms with Crippen molar-refractivity contribution in [2.45, 2.75) is 6.61 Å². The molecule has 2 aromatic carbocycles. The Morgan fingerprint density at radius 2 is 2.00 bits per heavy atom. The summed E-state index contributed by atoms with van der Waals surface area (Å²) < 4.78 is 10.4. The summed E-state index contributed by atoms with van der Waals surface area (Å²) in [6.07, 6.45) is 1.17. The van der Waals surface area contributed by atoms with E-state index in [0.29, 0.717) is 0 Å². The molecule has 0 unspecified atom stereocenters. The van der Waals surface area contributed by atoms with Gasteiger partial charge in [-0.15, -0.1) is 0 Å². The fourth-order valence-corrected chi connectivity index (χ4v) is 2.08. The van der Waals surface area contributed by atoms with Crippen molar-refractivity contribution in [1.82, 2.24) is 5.32 Å². The third kappa shape index (κ3) is 4.14. The van der Waals surface area contributed by atoms with Crippen LogP contribution >= 0.6 is 0 Å². The first-order chi connectivity index (χ1) is 11.3. The summed E-state index contributed by atoms with van der Waals surface area (Å²) in [4.78, 5) is 11.6. The minimum atomic E-state index is -0.478. The molecule has 1 heterocycles. The number of furan rings is 1. The van der Waals surface area contributed by atoms with Crippen LogP contribution in [0.5, 0.6) is 0 Å². The molecule has 4 nitrogen and oxygen atoms in total. The molecular formula is C19H15NO3. The van der Waals surface area contributed by atoms with Gasteiger partial charge in [0.2, 0.25) is 0 Å². The molecule has 1 N–H and O–H groups in total. The highest BCUT2D eigenvalue weighted by Gasteiger charge is 2.00. The molecule has 0 saturated heterocycles. The molecule has 0 aliphatic carbocycles. The monoisotopic (exact) mass is 305 g/mol. The average molecular weight is 305 g/mol. The number of alkyl carbamates (subject to hydrolysis) is 1. The Hall–Kier alpha value is -3.19. The Morgan fingerprint density at radius 3 is 2.87 bits per heavy atom. The zero-order valence-electron chi connectivity index (χ0n) is 12.4. The first kappa shape index (κ1) is 14.7. The Bertz CT molecular complexity index is 856. The van der Waals surface area contributed by atoms with Gasteiger partial charge in [-0.2, -0.15) is 0 Å². The van der Waals surface area contributed by atoms with Gasteiger partial charge in [0.05, 0.1) is 12.8 Å². The number of benzene rings is 2. The molecule has 4 heteroatoms. The zero-order valence-corrected chi connectivity index (χ0v) is 12.4. The normalized spacial score (nSPS) is 9.91. The predicted octanol–water partition coefficient (Wildman–Crippen LogP) is 3.71. The smallest absolute Gasteiger partial charge is 0.408 e. The topological polar surface area (TPSA) is 51.5 Å². The van der Waals surface area contributed by atoms with E-state index < -0.39 is 6.09 Å². The van der Waals surface area contributed by atoms with Gasteiger partial charge in [-0.25, -0.2) is 4.79 Å². The molecule has 0 spiro atoms. The van der Waals surface area contributed by atoms with Gasteiger partial charge < -0.3 is 14.5 Å². The van der Waals surface area contributed by atoms with Gasteiger partial charge in [0.1, 0.15) is 12.2 Å². The first-order valence-corrected chi connectivity index (χ1v) is 7.22. The molecule has 0 aliphatic rings. The van der Waals surface area contributed by atoms with Crippen LogP contribution < -0.4 is 5.32 Å². The number of rotatable bonds is 3. The second-order valence-corrected chi connectivity index (χ2v) is 4.89. The second-order valence-electron chi connectivity index (χ2n) is 4.89. The van der Waals surface area contributed by atoms with Crippen LogP contribution in [0, 0.1) is 11.8 Å². The lowest BCUT2D eigenvalue weighted by molar-refractivity contribution is 0.141. The van der Waals surface area contributed by atoms with E-state index in [9.17, 15) is 4.79 Å². The Labute approximate surface area is 134 Å². The summed E-state index contributed by atoms with van der Waals surface area (Å²) in [7, 11) is 0. The summed E-state index contributed by atoms with van der Waals surface area (Å²) >= 11 is 0. The maximum absolute atomic E-state index is 11.6. The van der Waals surface area contributed by atoms with E-state index in [1.807, 2.05) is 54.6 Å². The lowest BCUT2D eigenvalue weighted by atomic mass is 10.2. The first-order valence-electron chi connectivity index (χ1n) is 7.22. The Balaban J connectivity index is 1.46. The highest BCUT2D eigenvalue weighted by molar-refractivity contribution is 5.78. The van der Waals surface area contributed by atoms with Gasteiger partial charge >= 0.3 is 6.09 Å². The lowest BCUT2D eigenvalue weighted by Crippen LogP contribution is -2.24. The molecule has 23 heavy (non-hydrogen) atoms. The molecule has 0 fully saturated rings. The number of hydrogen-bond acceptors (Lipinski definition) is 3. The molecule has 0 saturated carbocycles. The van der Waals surface area contributed by atoms with Gasteiger partial charge in [-0.1, -0.05) is 42.2 Å². The minimum Gasteiger partial charge on any atom is -0.464 e. The number of amides is 1. The summed E-state index contributed by atoms with van der Waals surface area (Å²) in [5.74, 6) is 5.89. The number of ether oxygens (including phenoxy) is 1. The van der Waals surface area contributed by atoms with Crippen LogP contribution in [0.2, 0.25) is 0 Å². The highest BCUT2D eigenvalue weighted by Crippen LogP contribution is 2.16. The van der Waals surface area contributed by atoms with Crippen molar-refractivity contribution in [1.29, 1.82) is 0 Å². The van der Waals surface area contributed by atoms with Crippen LogP contribution in [-0.4, -0.2) is 12.6 Å². The van der Waals surface area contributed by atoms with Crippen molar-refractivity contribution < 1.29 is 13.9 Å². The maximum Gasteiger partial charge on any atom is 0.408 e. The Morgan fingerprint density at radius 1 is 1.13 bits per heavy atom. The van der Waals surface area contributed by atoms with Crippen LogP contribution in [0.25, 0.3) is 11.0 Å². The van der Waals surface area contributed by atoms with Gasteiger partial charge in [0, 0.05) is 10.9 Å². The molecule has 0 radical (unpaired) electrons. The number of carbonyl (C=O) groups is 1. The molecule has 1 aromatic heterocycles. The number of nitrogens with one attached hydrogen (secondary N) is 1. The summed E-state index contributed by atoms with van der Waals surface area (Å²) in [6, 6.07) is 17.1. The molecule has 3 aromatic rings. The van der Waals surface area contributed by atoms with Crippen LogP contribution in [-0.2, 0) is 11.3 Å². The second kappa shape index (κ2) is 7.19. The molecule has 114 valence electrons. The van der Waals surface area contributed by atoms with Gasteiger partial charge in [-0.05, 0) is 29.8 Å². The molecule has 1 amide bonds. The third-order valence-electron chi connectivity index (χ3n) is 3.22. The van der Waals surface area contributed by atoms with Crippen molar-refractivity contribution in [2.24, 2.45) is 0 Å². The number of hydrogen-bond donors (Lipinski definition) is 1. The molecule has 3 rings (SSSR count). The SMILES string of the molecule is O=C(NCC#Cc1ccc2occc2c1)OCc1ccccc1. The van der Waals surface area contributed by atoms with E-state index in [1.165, 1.54) is 0 Å². The van der Waals surface area contributed by atoms with E-state index in [4.69, 9.17) is 9.15 Å². The standard InChI is InChI=1S/C19H15NO3/c21-19(23-14-16-5-2-1-3-6-16)20-11-4-7-15-8-9-18-17(13-15)10-12-22-18/h1-3,5-6,8-10,12-13H,11,14H2,(H,20,21). The fourth-order valence-electron chi connectivity index (χ4n) is 2.08. The Kier molecular flexibility index (Phi) is 4.61. The van der Waals surface area contributed by atoms with Gasteiger partial charge in [0.15, 0.2) is 0 Å². The average Bonchev–Trinajstić information content (AvgIpc) is 3.05. The number of fused-ring (bicyclic) bond motifs is 1. The van der Waals surface area contributed by atoms with E-state index >= 15 is 0 Å². The summed E-state index contributed by atoms with van der Waals surface area (Å²) in [6.45, 7) is 0.480. The van der Waals surface area contributed by atoms with Crippen molar-refractivity contribution in [3.63, 3.8) is 0 Å². The maximum atomic E-state index is 11.6. The largest absolute Gasteiger partial charge is 0.464 e. The van der Waals surface area contributed by atoms with E-state index in [-0.39, 0.29) is 13.2 Å². The van der Waals surface area contributed by atoms with Crippen molar-refractivity contribution in [3.8, 4) is 11.8 Å². The van der Waals surface area contributed by atoms with Crippen molar-refractivity contribution in [2.75, 3.05) is 6.54 Å². The summed E-state index contributed by atoms with van der Waals surface area (Å²) in [5.41, 5.74) is 2.65. The van der Waals surface area contributed by atoms with Crippen molar-refractivity contribution in [3.05, 3.63) is 72.0 Å². The minimum absolute atomic E-state index is 0.233. The quantitative estimate of drug-likeness (QED) is 0.750. The molecular weight excluding hydrogens is 290 g/mol. The highest BCUT2D eigenvalue weighted by atomic mass is 16.5. The van der Waals surface area contributed by atoms with Crippen molar-refractivity contribution >= 4 is 17.1 Å². The van der Waals surface area contributed by atoms with Crippen LogP contribution in [0.4, 0.5) is 4.79 Å². The van der Waals surface area contributed by atoms with Crippen LogP contribution in [0.15, 0.2) is 65.3 Å². The van der Waals surface area contributed by atoms with E-state index in [0.717, 1.165) is 22.1 Å². The summed E-state index contributed by atoms with van der Waals surface area (Å²) in [5, 5.41) is 3.61. The van der Waals surface area contributed by atoms with Gasteiger partial charge in [0.25, 0.3) is 0 Å². The predicted molar refractivity (Wildman–Crippen MR) is 87.7 cm³/mol. The van der Waals surface area contributed by atoms with Gasteiger partial charge in [-0.3, -0.25) is 0 Å². The van der Waals surface area contributed by atoms with E-state index in [2.05, 4.69) is 17.2 Å². The molecule has 0 bridgehead atoms. The molecule has 0 atom stereocenters. The van der Waals surface area contributed by atoms with E-state index in [1.54, 1.807) is 6.26 Å². The third-order valence-corrected chi connectivity index (χ3v) is 3.22. The molecule has 0 aliphatic heterocycles. The van der Waals surface area contributed by atoms with Crippen LogP contribution in [0.3, 0.4) is 0 Å². The van der Waals surface area contributed by atoms with Crippen LogP contribution in [0.1, 0.15) is 11.1 Å². The zero-order chi connectivity index (χ0) is 15.9. The fraction of sp³-hybridized carbons (Fsp3) is 0.105. The number of carbonyl (C=O) groups excluding carboxylic acids is 1.